The van der Waals surface area contributed by atoms with Crippen molar-refractivity contribution in [3.63, 3.8) is 0 Å². The number of hydrogen-bond acceptors (Lipinski definition) is 10. The Balaban J connectivity index is 1.11. The molecule has 0 spiro atoms. The second-order valence-electron chi connectivity index (χ2n) is 10.8. The molecule has 0 saturated carbocycles. The Morgan fingerprint density at radius 1 is 0.300 bits per heavy atom. The number of alkyl halides is 1. The van der Waals surface area contributed by atoms with Crippen LogP contribution in [-0.4, -0.2) is 131 Å². The molecule has 0 aliphatic heterocycles. The van der Waals surface area contributed by atoms with Gasteiger partial charge in [-0.05, 0) is 16.7 Å². The van der Waals surface area contributed by atoms with Crippen LogP contribution in [0.2, 0.25) is 0 Å². The Kier molecular flexibility index (Phi) is 24.5. The van der Waals surface area contributed by atoms with E-state index in [1.165, 1.54) is 0 Å². The average Bonchev–Trinajstić information content (AvgIpc) is 3.17. The summed E-state index contributed by atoms with van der Waals surface area (Å²) in [6.45, 7) is 9.56. The maximum Gasteiger partial charge on any atom is 0.143 e. The molecule has 0 amide bonds. The molecule has 3 rings (SSSR count). The van der Waals surface area contributed by atoms with Crippen LogP contribution in [0.15, 0.2) is 91.0 Å². The molecular weight excluding hydrogens is 664 g/mol. The van der Waals surface area contributed by atoms with Crippen LogP contribution in [0.4, 0.5) is 0 Å². The predicted molar refractivity (Wildman–Crippen MR) is 193 cm³/mol. The standard InChI is InChI=1S/C39H55ClO10/c40-16-17-41-18-19-42-20-21-43-22-23-44-24-25-45-26-27-46-28-29-47-30-31-48-32-33-49-34-35-50-39(36-10-4-1-5-11-36,37-12-6-2-7-13-37)38-14-8-3-9-15-38/h1-15H,16-35H2. The van der Waals surface area contributed by atoms with Gasteiger partial charge in [-0.1, -0.05) is 91.0 Å². The molecule has 0 aliphatic rings. The lowest BCUT2D eigenvalue weighted by Gasteiger charge is -2.36. The van der Waals surface area contributed by atoms with Gasteiger partial charge in [-0.3, -0.25) is 0 Å². The van der Waals surface area contributed by atoms with Gasteiger partial charge >= 0.3 is 0 Å². The fraction of sp³-hybridized carbons (Fsp3) is 0.538. The molecule has 0 bridgehead atoms. The molecule has 3 aromatic carbocycles. The van der Waals surface area contributed by atoms with Gasteiger partial charge in [-0.25, -0.2) is 0 Å². The molecular formula is C39H55ClO10. The molecule has 0 saturated heterocycles. The Bertz CT molecular complexity index is 1060. The van der Waals surface area contributed by atoms with Crippen LogP contribution in [0.5, 0.6) is 0 Å². The van der Waals surface area contributed by atoms with E-state index >= 15 is 0 Å². The Morgan fingerprint density at radius 2 is 0.520 bits per heavy atom. The SMILES string of the molecule is ClCCOCCOCCOCCOCCOCCOCCOCCOCCOCCOC(c1ccccc1)(c1ccccc1)c1ccccc1. The van der Waals surface area contributed by atoms with E-state index in [-0.39, 0.29) is 0 Å². The first-order chi connectivity index (χ1) is 24.9. The normalized spacial score (nSPS) is 11.7. The van der Waals surface area contributed by atoms with Gasteiger partial charge < -0.3 is 47.4 Å². The summed E-state index contributed by atoms with van der Waals surface area (Å²) in [5, 5.41) is 0. The predicted octanol–water partition coefficient (Wildman–Crippen LogP) is 5.38. The zero-order chi connectivity index (χ0) is 35.1. The Hall–Kier alpha value is -2.45. The molecule has 0 heterocycles. The number of hydrogen-bond donors (Lipinski definition) is 0. The van der Waals surface area contributed by atoms with E-state index in [9.17, 15) is 0 Å². The van der Waals surface area contributed by atoms with Gasteiger partial charge in [-0.2, -0.15) is 0 Å². The summed E-state index contributed by atoms with van der Waals surface area (Å²) in [4.78, 5) is 0. The van der Waals surface area contributed by atoms with Crippen molar-refractivity contribution in [1.82, 2.24) is 0 Å². The van der Waals surface area contributed by atoms with Crippen LogP contribution < -0.4 is 0 Å². The largest absolute Gasteiger partial charge is 0.378 e. The van der Waals surface area contributed by atoms with E-state index in [2.05, 4.69) is 36.4 Å². The summed E-state index contributed by atoms with van der Waals surface area (Å²) >= 11 is 5.52. The second kappa shape index (κ2) is 29.2. The van der Waals surface area contributed by atoms with E-state index in [4.69, 9.17) is 59.0 Å². The number of rotatable bonds is 33. The van der Waals surface area contributed by atoms with Gasteiger partial charge in [0.25, 0.3) is 0 Å². The van der Waals surface area contributed by atoms with Crippen molar-refractivity contribution >= 4 is 11.6 Å². The van der Waals surface area contributed by atoms with E-state index in [1.807, 2.05) is 54.6 Å². The first-order valence-electron chi connectivity index (χ1n) is 17.4. The van der Waals surface area contributed by atoms with Crippen LogP contribution in [0.25, 0.3) is 0 Å². The van der Waals surface area contributed by atoms with Crippen LogP contribution in [0, 0.1) is 0 Å². The van der Waals surface area contributed by atoms with E-state index < -0.39 is 5.60 Å². The van der Waals surface area contributed by atoms with Crippen LogP contribution >= 0.6 is 11.6 Å². The highest BCUT2D eigenvalue weighted by Gasteiger charge is 2.37. The summed E-state index contributed by atoms with van der Waals surface area (Å²) in [5.74, 6) is 0.496. The molecule has 0 unspecified atom stereocenters. The minimum Gasteiger partial charge on any atom is -0.378 e. The van der Waals surface area contributed by atoms with Crippen molar-refractivity contribution in [2.75, 3.05) is 131 Å². The maximum atomic E-state index is 6.72. The summed E-state index contributed by atoms with van der Waals surface area (Å²) in [5.41, 5.74) is 2.46. The average molecular weight is 719 g/mol. The summed E-state index contributed by atoms with van der Waals surface area (Å²) < 4.78 is 56.3. The molecule has 50 heavy (non-hydrogen) atoms. The fourth-order valence-electron chi connectivity index (χ4n) is 4.94. The molecule has 0 radical (unpaired) electrons. The van der Waals surface area contributed by atoms with Crippen molar-refractivity contribution in [2.24, 2.45) is 0 Å². The highest BCUT2D eigenvalue weighted by atomic mass is 35.5. The molecule has 11 heteroatoms. The summed E-state index contributed by atoms with van der Waals surface area (Å²) in [7, 11) is 0. The molecule has 0 fully saturated rings. The highest BCUT2D eigenvalue weighted by molar-refractivity contribution is 6.17. The van der Waals surface area contributed by atoms with Gasteiger partial charge in [-0.15, -0.1) is 11.6 Å². The van der Waals surface area contributed by atoms with Crippen LogP contribution in [0.1, 0.15) is 16.7 Å². The second-order valence-corrected chi connectivity index (χ2v) is 11.2. The lowest BCUT2D eigenvalue weighted by Crippen LogP contribution is -2.34. The third kappa shape index (κ3) is 17.7. The van der Waals surface area contributed by atoms with Gasteiger partial charge in [0, 0.05) is 5.88 Å². The van der Waals surface area contributed by atoms with Gasteiger partial charge in [0.15, 0.2) is 0 Å². The molecule has 3 aromatic rings. The van der Waals surface area contributed by atoms with Crippen molar-refractivity contribution in [3.8, 4) is 0 Å². The monoisotopic (exact) mass is 718 g/mol. The molecule has 10 nitrogen and oxygen atoms in total. The number of halogens is 1. The zero-order valence-corrected chi connectivity index (χ0v) is 30.0. The quantitative estimate of drug-likeness (QED) is 0.0465. The summed E-state index contributed by atoms with van der Waals surface area (Å²) in [6, 6.07) is 31.0. The summed E-state index contributed by atoms with van der Waals surface area (Å²) in [6.07, 6.45) is 0. The molecule has 0 aromatic heterocycles. The number of benzene rings is 3. The van der Waals surface area contributed by atoms with E-state index in [1.54, 1.807) is 0 Å². The van der Waals surface area contributed by atoms with Crippen molar-refractivity contribution in [3.05, 3.63) is 108 Å². The van der Waals surface area contributed by atoms with Crippen molar-refractivity contribution in [2.45, 2.75) is 5.60 Å². The van der Waals surface area contributed by atoms with E-state index in [0.717, 1.165) is 16.7 Å². The highest BCUT2D eigenvalue weighted by Crippen LogP contribution is 2.40. The fourth-order valence-corrected chi connectivity index (χ4v) is 5.05. The zero-order valence-electron chi connectivity index (χ0n) is 29.3. The van der Waals surface area contributed by atoms with Gasteiger partial charge in [0.05, 0.1) is 126 Å². The van der Waals surface area contributed by atoms with E-state index in [0.29, 0.717) is 131 Å². The lowest BCUT2D eigenvalue weighted by molar-refractivity contribution is -0.0399. The Labute approximate surface area is 303 Å². The minimum absolute atomic E-state index is 0.418. The number of ether oxygens (including phenoxy) is 10. The van der Waals surface area contributed by atoms with Crippen molar-refractivity contribution < 1.29 is 47.4 Å². The third-order valence-corrected chi connectivity index (χ3v) is 7.44. The van der Waals surface area contributed by atoms with Crippen LogP contribution in [0.3, 0.4) is 0 Å². The third-order valence-electron chi connectivity index (χ3n) is 7.28. The van der Waals surface area contributed by atoms with Crippen molar-refractivity contribution in [1.29, 1.82) is 0 Å². The van der Waals surface area contributed by atoms with Gasteiger partial charge in [0.2, 0.25) is 0 Å². The Morgan fingerprint density at radius 3 is 0.760 bits per heavy atom. The first kappa shape index (κ1) is 42.0. The molecule has 0 aliphatic carbocycles. The van der Waals surface area contributed by atoms with Crippen LogP contribution in [-0.2, 0) is 53.0 Å². The minimum atomic E-state index is -0.749. The first-order valence-corrected chi connectivity index (χ1v) is 18.0. The molecule has 0 atom stereocenters. The molecule has 278 valence electrons. The lowest BCUT2D eigenvalue weighted by atomic mass is 9.80. The topological polar surface area (TPSA) is 92.3 Å². The smallest absolute Gasteiger partial charge is 0.143 e. The molecule has 0 N–H and O–H groups in total. The van der Waals surface area contributed by atoms with Gasteiger partial charge in [0.1, 0.15) is 5.60 Å². The maximum absolute atomic E-state index is 6.72.